The summed E-state index contributed by atoms with van der Waals surface area (Å²) < 4.78 is 15.7. The molecule has 1 aromatic carbocycles. The SMILES string of the molecule is COc1cc(NC(=O)c2ccco2)c(C(=O)NC2CCCCC2)cc1OC. The van der Waals surface area contributed by atoms with Crippen molar-refractivity contribution in [2.75, 3.05) is 19.5 Å². The zero-order chi connectivity index (χ0) is 19.2. The minimum atomic E-state index is -0.445. The lowest BCUT2D eigenvalue weighted by Crippen LogP contribution is -2.36. The molecule has 144 valence electrons. The first kappa shape index (κ1) is 18.8. The van der Waals surface area contributed by atoms with Crippen LogP contribution in [-0.4, -0.2) is 32.1 Å². The molecule has 0 bridgehead atoms. The van der Waals surface area contributed by atoms with Crippen molar-refractivity contribution in [2.45, 2.75) is 38.1 Å². The van der Waals surface area contributed by atoms with Crippen molar-refractivity contribution < 1.29 is 23.5 Å². The summed E-state index contributed by atoms with van der Waals surface area (Å²) in [5.41, 5.74) is 0.653. The average Bonchev–Trinajstić information content (AvgIpc) is 3.23. The second kappa shape index (κ2) is 8.62. The number of ether oxygens (including phenoxy) is 2. The van der Waals surface area contributed by atoms with Crippen molar-refractivity contribution in [3.05, 3.63) is 41.9 Å². The van der Waals surface area contributed by atoms with Crippen LogP contribution in [0, 0.1) is 0 Å². The maximum atomic E-state index is 12.9. The standard InChI is InChI=1S/C20H24N2O5/c1-25-17-11-14(19(23)21-13-7-4-3-5-8-13)15(12-18(17)26-2)22-20(24)16-9-6-10-27-16/h6,9-13H,3-5,7-8H2,1-2H3,(H,21,23)(H,22,24). The first-order valence-electron chi connectivity index (χ1n) is 9.04. The fraction of sp³-hybridized carbons (Fsp3) is 0.400. The summed E-state index contributed by atoms with van der Waals surface area (Å²) in [5, 5.41) is 5.79. The molecular weight excluding hydrogens is 348 g/mol. The van der Waals surface area contributed by atoms with E-state index in [0.29, 0.717) is 22.7 Å². The molecule has 1 aromatic heterocycles. The minimum absolute atomic E-state index is 0.146. The van der Waals surface area contributed by atoms with Crippen molar-refractivity contribution in [3.8, 4) is 11.5 Å². The molecule has 1 aliphatic rings. The van der Waals surface area contributed by atoms with Gasteiger partial charge in [-0.15, -0.1) is 0 Å². The Morgan fingerprint density at radius 3 is 2.37 bits per heavy atom. The van der Waals surface area contributed by atoms with Crippen LogP contribution >= 0.6 is 0 Å². The van der Waals surface area contributed by atoms with Gasteiger partial charge in [0, 0.05) is 12.1 Å². The van der Waals surface area contributed by atoms with Crippen LogP contribution in [0.4, 0.5) is 5.69 Å². The van der Waals surface area contributed by atoms with E-state index in [4.69, 9.17) is 13.9 Å². The Labute approximate surface area is 158 Å². The molecular formula is C20H24N2O5. The van der Waals surface area contributed by atoms with E-state index in [-0.39, 0.29) is 17.7 Å². The van der Waals surface area contributed by atoms with Gasteiger partial charge in [-0.1, -0.05) is 19.3 Å². The number of hydrogen-bond donors (Lipinski definition) is 2. The highest BCUT2D eigenvalue weighted by Gasteiger charge is 2.22. The third kappa shape index (κ3) is 4.42. The van der Waals surface area contributed by atoms with Crippen molar-refractivity contribution >= 4 is 17.5 Å². The Balaban J connectivity index is 1.89. The van der Waals surface area contributed by atoms with Gasteiger partial charge < -0.3 is 24.5 Å². The zero-order valence-corrected chi connectivity index (χ0v) is 15.5. The minimum Gasteiger partial charge on any atom is -0.493 e. The van der Waals surface area contributed by atoms with Crippen molar-refractivity contribution in [1.82, 2.24) is 5.32 Å². The van der Waals surface area contributed by atoms with E-state index in [1.54, 1.807) is 24.3 Å². The first-order chi connectivity index (χ1) is 13.1. The van der Waals surface area contributed by atoms with Crippen LogP contribution < -0.4 is 20.1 Å². The van der Waals surface area contributed by atoms with E-state index in [2.05, 4.69) is 10.6 Å². The second-order valence-corrected chi connectivity index (χ2v) is 6.49. The Morgan fingerprint density at radius 2 is 1.74 bits per heavy atom. The van der Waals surface area contributed by atoms with Gasteiger partial charge in [0.1, 0.15) is 0 Å². The molecule has 2 N–H and O–H groups in total. The normalized spacial score (nSPS) is 14.4. The molecule has 0 spiro atoms. The van der Waals surface area contributed by atoms with Gasteiger partial charge in [-0.05, 0) is 31.0 Å². The quantitative estimate of drug-likeness (QED) is 0.808. The number of amides is 2. The highest BCUT2D eigenvalue weighted by molar-refractivity contribution is 6.08. The fourth-order valence-corrected chi connectivity index (χ4v) is 3.27. The van der Waals surface area contributed by atoms with Crippen LogP contribution in [0.2, 0.25) is 0 Å². The number of hydrogen-bond acceptors (Lipinski definition) is 5. The van der Waals surface area contributed by atoms with Gasteiger partial charge in [0.05, 0.1) is 31.7 Å². The summed E-state index contributed by atoms with van der Waals surface area (Å²) in [5.74, 6) is 0.295. The molecule has 0 saturated heterocycles. The number of methoxy groups -OCH3 is 2. The summed E-state index contributed by atoms with van der Waals surface area (Å²) >= 11 is 0. The third-order valence-corrected chi connectivity index (χ3v) is 4.70. The van der Waals surface area contributed by atoms with E-state index in [1.165, 1.54) is 26.9 Å². The lowest BCUT2D eigenvalue weighted by Gasteiger charge is -2.23. The van der Waals surface area contributed by atoms with Crippen LogP contribution in [0.25, 0.3) is 0 Å². The zero-order valence-electron chi connectivity index (χ0n) is 15.5. The van der Waals surface area contributed by atoms with E-state index < -0.39 is 5.91 Å². The van der Waals surface area contributed by atoms with Gasteiger partial charge >= 0.3 is 0 Å². The van der Waals surface area contributed by atoms with E-state index in [1.807, 2.05) is 0 Å². The Morgan fingerprint density at radius 1 is 1.04 bits per heavy atom. The second-order valence-electron chi connectivity index (χ2n) is 6.49. The van der Waals surface area contributed by atoms with Crippen molar-refractivity contribution in [1.29, 1.82) is 0 Å². The average molecular weight is 372 g/mol. The summed E-state index contributed by atoms with van der Waals surface area (Å²) in [6.45, 7) is 0. The summed E-state index contributed by atoms with van der Waals surface area (Å²) in [6, 6.07) is 6.48. The number of benzene rings is 1. The molecule has 0 unspecified atom stereocenters. The molecule has 7 nitrogen and oxygen atoms in total. The maximum absolute atomic E-state index is 12.9. The Hall–Kier alpha value is -2.96. The number of carbonyl (C=O) groups excluding carboxylic acids is 2. The van der Waals surface area contributed by atoms with E-state index in [0.717, 1.165) is 25.7 Å². The summed E-state index contributed by atoms with van der Waals surface area (Å²) in [7, 11) is 3.00. The van der Waals surface area contributed by atoms with Crippen molar-refractivity contribution in [2.24, 2.45) is 0 Å². The van der Waals surface area contributed by atoms with Crippen molar-refractivity contribution in [3.63, 3.8) is 0 Å². The first-order valence-corrected chi connectivity index (χ1v) is 9.04. The van der Waals surface area contributed by atoms with Crippen LogP contribution in [-0.2, 0) is 0 Å². The monoisotopic (exact) mass is 372 g/mol. The highest BCUT2D eigenvalue weighted by Crippen LogP contribution is 2.34. The van der Waals surface area contributed by atoms with Gasteiger partial charge in [-0.3, -0.25) is 9.59 Å². The summed E-state index contributed by atoms with van der Waals surface area (Å²) in [6.07, 6.45) is 6.77. The molecule has 2 amide bonds. The van der Waals surface area contributed by atoms with Crippen LogP contribution in [0.5, 0.6) is 11.5 Å². The summed E-state index contributed by atoms with van der Waals surface area (Å²) in [4.78, 5) is 25.3. The topological polar surface area (TPSA) is 89.8 Å². The van der Waals surface area contributed by atoms with E-state index >= 15 is 0 Å². The van der Waals surface area contributed by atoms with Gasteiger partial charge in [0.2, 0.25) is 0 Å². The molecule has 3 rings (SSSR count). The number of rotatable bonds is 6. The number of anilines is 1. The molecule has 1 saturated carbocycles. The van der Waals surface area contributed by atoms with Gasteiger partial charge in [-0.25, -0.2) is 0 Å². The van der Waals surface area contributed by atoms with E-state index in [9.17, 15) is 9.59 Å². The lowest BCUT2D eigenvalue weighted by atomic mass is 9.95. The smallest absolute Gasteiger partial charge is 0.291 e. The lowest BCUT2D eigenvalue weighted by molar-refractivity contribution is 0.0928. The molecule has 27 heavy (non-hydrogen) atoms. The molecule has 0 atom stereocenters. The van der Waals surface area contributed by atoms with Crippen LogP contribution in [0.3, 0.4) is 0 Å². The van der Waals surface area contributed by atoms with Gasteiger partial charge in [-0.2, -0.15) is 0 Å². The van der Waals surface area contributed by atoms with Crippen LogP contribution in [0.15, 0.2) is 34.9 Å². The van der Waals surface area contributed by atoms with Crippen LogP contribution in [0.1, 0.15) is 53.0 Å². The number of nitrogens with one attached hydrogen (secondary N) is 2. The van der Waals surface area contributed by atoms with Gasteiger partial charge in [0.15, 0.2) is 17.3 Å². The molecule has 1 aliphatic carbocycles. The molecule has 0 radical (unpaired) electrons. The number of carbonyl (C=O) groups is 2. The Bertz CT molecular complexity index is 795. The van der Waals surface area contributed by atoms with Gasteiger partial charge in [0.25, 0.3) is 11.8 Å². The molecule has 0 aliphatic heterocycles. The highest BCUT2D eigenvalue weighted by atomic mass is 16.5. The largest absolute Gasteiger partial charge is 0.493 e. The molecule has 2 aromatic rings. The number of furan rings is 1. The maximum Gasteiger partial charge on any atom is 0.291 e. The predicted molar refractivity (Wildman–Crippen MR) is 101 cm³/mol. The molecule has 1 heterocycles. The molecule has 1 fully saturated rings. The molecule has 7 heteroatoms. The third-order valence-electron chi connectivity index (χ3n) is 4.70. The Kier molecular flexibility index (Phi) is 6.01. The fourth-order valence-electron chi connectivity index (χ4n) is 3.27. The predicted octanol–water partition coefficient (Wildman–Crippen LogP) is 3.61.